The molecule has 0 radical (unpaired) electrons. The highest BCUT2D eigenvalue weighted by Gasteiger charge is 2.20. The van der Waals surface area contributed by atoms with Gasteiger partial charge in [0.25, 0.3) is 0 Å². The van der Waals surface area contributed by atoms with Gasteiger partial charge in [0.2, 0.25) is 0 Å². The van der Waals surface area contributed by atoms with Gasteiger partial charge in [0.15, 0.2) is 0 Å². The van der Waals surface area contributed by atoms with Gasteiger partial charge < -0.3 is 18.6 Å². The molecule has 3 aromatic heterocycles. The van der Waals surface area contributed by atoms with Crippen LogP contribution in [-0.4, -0.2) is 13.7 Å². The van der Waals surface area contributed by atoms with Crippen molar-refractivity contribution < 1.29 is 0 Å². The molecule has 254 valence electrons. The third kappa shape index (κ3) is 4.64. The molecule has 0 bridgehead atoms. The maximum Gasteiger partial charge on any atom is 0.0788 e. The average molecular weight is 691 g/mol. The van der Waals surface area contributed by atoms with Gasteiger partial charge in [0, 0.05) is 67.3 Å². The van der Waals surface area contributed by atoms with E-state index in [9.17, 15) is 0 Å². The van der Waals surface area contributed by atoms with E-state index in [0.29, 0.717) is 0 Å². The van der Waals surface area contributed by atoms with Crippen LogP contribution in [0.4, 0.5) is 17.1 Å². The first-order chi connectivity index (χ1) is 26.8. The van der Waals surface area contributed by atoms with Gasteiger partial charge in [-0.25, -0.2) is 0 Å². The first-order valence-electron chi connectivity index (χ1n) is 18.4. The molecule has 0 saturated heterocycles. The lowest BCUT2D eigenvalue weighted by Gasteiger charge is -2.26. The number of anilines is 3. The van der Waals surface area contributed by atoms with Crippen LogP contribution in [0.15, 0.2) is 206 Å². The molecule has 0 atom stereocenters. The van der Waals surface area contributed by atoms with Gasteiger partial charge in [-0.3, -0.25) is 0 Å². The second-order valence-electron chi connectivity index (χ2n) is 13.9. The van der Waals surface area contributed by atoms with Gasteiger partial charge in [0.05, 0.1) is 27.6 Å². The molecule has 0 aliphatic heterocycles. The molecule has 0 amide bonds. The molecule has 4 heteroatoms. The third-order valence-corrected chi connectivity index (χ3v) is 10.8. The van der Waals surface area contributed by atoms with Gasteiger partial charge in [-0.2, -0.15) is 0 Å². The Bertz CT molecular complexity index is 3130. The molecule has 11 rings (SSSR count). The van der Waals surface area contributed by atoms with E-state index >= 15 is 0 Å². The predicted octanol–water partition coefficient (Wildman–Crippen LogP) is 13.3. The summed E-state index contributed by atoms with van der Waals surface area (Å²) in [6.45, 7) is 0. The Hall–Kier alpha value is -7.30. The van der Waals surface area contributed by atoms with Crippen molar-refractivity contribution in [2.24, 2.45) is 0 Å². The fourth-order valence-electron chi connectivity index (χ4n) is 8.48. The van der Waals surface area contributed by atoms with Crippen molar-refractivity contribution in [3.63, 3.8) is 0 Å². The van der Waals surface area contributed by atoms with E-state index in [2.05, 4.69) is 225 Å². The number of hydrogen-bond acceptors (Lipinski definition) is 1. The van der Waals surface area contributed by atoms with E-state index in [1.54, 1.807) is 0 Å². The van der Waals surface area contributed by atoms with Gasteiger partial charge in [-0.1, -0.05) is 103 Å². The summed E-state index contributed by atoms with van der Waals surface area (Å²) in [4.78, 5) is 2.36. The standard InChI is InChI=1S/C50H34N4/c1-4-14-36(15-5-1)51-33-32-35-24-30-44-42-20-10-13-23-47(42)54(50(44)49(35)51)40-27-25-39(26-28-40)52(37-16-6-2-7-17-37)41-29-31-48-45(34-41)43-21-11-12-22-46(43)53(48)38-18-8-3-9-19-38/h1-34H. The van der Waals surface area contributed by atoms with E-state index in [-0.39, 0.29) is 0 Å². The summed E-state index contributed by atoms with van der Waals surface area (Å²) in [6, 6.07) is 72.1. The van der Waals surface area contributed by atoms with Crippen molar-refractivity contribution in [1.82, 2.24) is 13.7 Å². The Morgan fingerprint density at radius 1 is 0.315 bits per heavy atom. The maximum atomic E-state index is 2.44. The van der Waals surface area contributed by atoms with Crippen molar-refractivity contribution in [1.29, 1.82) is 0 Å². The fraction of sp³-hybridized carbons (Fsp3) is 0. The minimum absolute atomic E-state index is 1.09. The number of benzene rings is 8. The SMILES string of the molecule is c1ccc(N(c2ccc(-n3c4ccccc4c4ccc5ccn(-c6ccccc6)c5c43)cc2)c2ccc3c(c2)c2ccccc2n3-c2ccccc2)cc1. The number of rotatable bonds is 6. The molecule has 0 unspecified atom stereocenters. The van der Waals surface area contributed by atoms with Crippen molar-refractivity contribution in [3.8, 4) is 17.1 Å². The topological polar surface area (TPSA) is 18.0 Å². The zero-order valence-electron chi connectivity index (χ0n) is 29.4. The summed E-state index contributed by atoms with van der Waals surface area (Å²) < 4.78 is 7.13. The van der Waals surface area contributed by atoms with Gasteiger partial charge in [0.1, 0.15) is 0 Å². The fourth-order valence-corrected chi connectivity index (χ4v) is 8.48. The van der Waals surface area contributed by atoms with E-state index < -0.39 is 0 Å². The summed E-state index contributed by atoms with van der Waals surface area (Å²) in [5.74, 6) is 0. The van der Waals surface area contributed by atoms with Crippen LogP contribution in [0.2, 0.25) is 0 Å². The van der Waals surface area contributed by atoms with E-state index in [0.717, 1.165) is 34.1 Å². The highest BCUT2D eigenvalue weighted by Crippen LogP contribution is 2.42. The van der Waals surface area contributed by atoms with Crippen LogP contribution >= 0.6 is 0 Å². The molecule has 0 N–H and O–H groups in total. The van der Waals surface area contributed by atoms with Crippen LogP contribution in [-0.2, 0) is 0 Å². The largest absolute Gasteiger partial charge is 0.315 e. The van der Waals surface area contributed by atoms with Gasteiger partial charge >= 0.3 is 0 Å². The second kappa shape index (κ2) is 12.1. The van der Waals surface area contributed by atoms with Gasteiger partial charge in [-0.15, -0.1) is 0 Å². The maximum absolute atomic E-state index is 2.44. The van der Waals surface area contributed by atoms with Crippen LogP contribution in [0.3, 0.4) is 0 Å². The molecular weight excluding hydrogens is 657 g/mol. The zero-order valence-corrected chi connectivity index (χ0v) is 29.4. The lowest BCUT2D eigenvalue weighted by atomic mass is 10.1. The highest BCUT2D eigenvalue weighted by atomic mass is 15.1. The Morgan fingerprint density at radius 2 is 0.852 bits per heavy atom. The van der Waals surface area contributed by atoms with Crippen LogP contribution in [0.1, 0.15) is 0 Å². The van der Waals surface area contributed by atoms with Crippen molar-refractivity contribution in [3.05, 3.63) is 206 Å². The van der Waals surface area contributed by atoms with Crippen molar-refractivity contribution in [2.75, 3.05) is 4.90 Å². The van der Waals surface area contributed by atoms with Crippen LogP contribution < -0.4 is 4.90 Å². The molecule has 8 aromatic carbocycles. The number of nitrogens with zero attached hydrogens (tertiary/aromatic N) is 4. The minimum Gasteiger partial charge on any atom is -0.315 e. The van der Waals surface area contributed by atoms with E-state index in [4.69, 9.17) is 0 Å². The molecule has 0 fully saturated rings. The summed E-state index contributed by atoms with van der Waals surface area (Å²) >= 11 is 0. The summed E-state index contributed by atoms with van der Waals surface area (Å²) in [5, 5.41) is 6.16. The Labute approximate surface area is 312 Å². The molecule has 11 aromatic rings. The van der Waals surface area contributed by atoms with Crippen LogP contribution in [0.5, 0.6) is 0 Å². The van der Waals surface area contributed by atoms with Crippen molar-refractivity contribution >= 4 is 71.6 Å². The monoisotopic (exact) mass is 690 g/mol. The number of para-hydroxylation sites is 5. The first kappa shape index (κ1) is 30.3. The highest BCUT2D eigenvalue weighted by molar-refractivity contribution is 6.18. The van der Waals surface area contributed by atoms with E-state index in [1.807, 2.05) is 0 Å². The molecule has 3 heterocycles. The summed E-state index contributed by atoms with van der Waals surface area (Å²) in [7, 11) is 0. The lowest BCUT2D eigenvalue weighted by Crippen LogP contribution is -2.10. The first-order valence-corrected chi connectivity index (χ1v) is 18.4. The molecular formula is C50H34N4. The summed E-state index contributed by atoms with van der Waals surface area (Å²) in [6.07, 6.45) is 2.19. The van der Waals surface area contributed by atoms with Crippen LogP contribution in [0.25, 0.3) is 71.6 Å². The molecule has 0 spiro atoms. The Balaban J connectivity index is 1.10. The molecule has 4 nitrogen and oxygen atoms in total. The van der Waals surface area contributed by atoms with Gasteiger partial charge in [-0.05, 0) is 97.1 Å². The molecule has 0 aliphatic rings. The van der Waals surface area contributed by atoms with E-state index in [1.165, 1.54) is 54.5 Å². The molecule has 0 saturated carbocycles. The normalized spacial score (nSPS) is 11.7. The molecule has 54 heavy (non-hydrogen) atoms. The quantitative estimate of drug-likeness (QED) is 0.170. The zero-order chi connectivity index (χ0) is 35.6. The lowest BCUT2D eigenvalue weighted by molar-refractivity contribution is 1.11. The van der Waals surface area contributed by atoms with Crippen molar-refractivity contribution in [2.45, 2.75) is 0 Å². The smallest absolute Gasteiger partial charge is 0.0788 e. The summed E-state index contributed by atoms with van der Waals surface area (Å²) in [5.41, 5.74) is 12.7. The Kier molecular flexibility index (Phi) is 6.82. The second-order valence-corrected chi connectivity index (χ2v) is 13.9. The number of fused-ring (bicyclic) bond motifs is 8. The third-order valence-electron chi connectivity index (χ3n) is 10.8. The molecule has 0 aliphatic carbocycles. The van der Waals surface area contributed by atoms with Crippen LogP contribution in [0, 0.1) is 0 Å². The average Bonchev–Trinajstić information content (AvgIpc) is 3.93. The predicted molar refractivity (Wildman–Crippen MR) is 227 cm³/mol. The number of hydrogen-bond donors (Lipinski definition) is 0. The minimum atomic E-state index is 1.09. The number of aromatic nitrogens is 3. The Morgan fingerprint density at radius 3 is 1.57 bits per heavy atom.